The summed E-state index contributed by atoms with van der Waals surface area (Å²) >= 11 is 1.47. The van der Waals surface area contributed by atoms with Crippen molar-refractivity contribution in [2.75, 3.05) is 32.0 Å². The minimum absolute atomic E-state index is 0.111. The molecule has 21 heavy (non-hydrogen) atoms. The highest BCUT2D eigenvalue weighted by molar-refractivity contribution is 7.19. The summed E-state index contributed by atoms with van der Waals surface area (Å²) in [7, 11) is 0. The van der Waals surface area contributed by atoms with E-state index >= 15 is 0 Å². The van der Waals surface area contributed by atoms with Gasteiger partial charge in [-0.05, 0) is 31.5 Å². The highest BCUT2D eigenvalue weighted by atomic mass is 32.1. The van der Waals surface area contributed by atoms with Gasteiger partial charge in [0.25, 0.3) is 5.89 Å². The highest BCUT2D eigenvalue weighted by Crippen LogP contribution is 2.33. The Morgan fingerprint density at radius 2 is 2.38 bits per heavy atom. The van der Waals surface area contributed by atoms with Crippen LogP contribution in [0.5, 0.6) is 0 Å². The van der Waals surface area contributed by atoms with Crippen LogP contribution in [0.15, 0.2) is 10.6 Å². The van der Waals surface area contributed by atoms with Crippen LogP contribution in [0.3, 0.4) is 0 Å². The van der Waals surface area contributed by atoms with E-state index in [-0.39, 0.29) is 6.10 Å². The molecule has 7 heteroatoms. The number of nitrogens with two attached hydrogens (primary N) is 1. The molecule has 1 saturated heterocycles. The average Bonchev–Trinajstić information content (AvgIpc) is 3.06. The molecular formula is C14H20N4O2S. The molecule has 1 aliphatic heterocycles. The van der Waals surface area contributed by atoms with Crippen molar-refractivity contribution in [2.24, 2.45) is 0 Å². The molecule has 1 unspecified atom stereocenters. The van der Waals surface area contributed by atoms with E-state index in [9.17, 15) is 0 Å². The van der Waals surface area contributed by atoms with Crippen LogP contribution >= 0.6 is 11.3 Å². The smallest absolute Gasteiger partial charge is 0.268 e. The molecule has 114 valence electrons. The van der Waals surface area contributed by atoms with Gasteiger partial charge in [0.1, 0.15) is 6.10 Å². The van der Waals surface area contributed by atoms with Gasteiger partial charge in [0.05, 0.1) is 16.5 Å². The number of aryl methyl sites for hydroxylation is 1. The minimum atomic E-state index is -0.111. The number of nitrogen functional groups attached to an aromatic ring is 1. The monoisotopic (exact) mass is 308 g/mol. The number of hydrogen-bond donors (Lipinski definition) is 1. The number of anilines is 1. The maximum absolute atomic E-state index is 5.82. The Labute approximate surface area is 127 Å². The second-order valence-electron chi connectivity index (χ2n) is 5.28. The summed E-state index contributed by atoms with van der Waals surface area (Å²) in [6, 6.07) is 1.92. The minimum Gasteiger partial charge on any atom is -0.391 e. The third-order valence-corrected chi connectivity index (χ3v) is 4.61. The Kier molecular flexibility index (Phi) is 4.23. The molecule has 0 bridgehead atoms. The van der Waals surface area contributed by atoms with E-state index in [0.29, 0.717) is 18.3 Å². The van der Waals surface area contributed by atoms with E-state index in [1.807, 2.05) is 13.0 Å². The molecule has 0 saturated carbocycles. The molecular weight excluding hydrogens is 288 g/mol. The zero-order chi connectivity index (χ0) is 14.8. The first kappa shape index (κ1) is 14.5. The predicted octanol–water partition coefficient (Wildman–Crippen LogP) is 2.47. The van der Waals surface area contributed by atoms with Gasteiger partial charge in [-0.1, -0.05) is 12.1 Å². The van der Waals surface area contributed by atoms with Crippen molar-refractivity contribution in [2.45, 2.75) is 26.4 Å². The summed E-state index contributed by atoms with van der Waals surface area (Å²) in [5, 5.41) is 4.84. The van der Waals surface area contributed by atoms with Crippen LogP contribution in [0.25, 0.3) is 10.8 Å². The number of nitrogens with zero attached hydrogens (tertiary/aromatic N) is 3. The van der Waals surface area contributed by atoms with Crippen LogP contribution in [0.2, 0.25) is 0 Å². The summed E-state index contributed by atoms with van der Waals surface area (Å²) in [6.07, 6.45) is 1.03. The van der Waals surface area contributed by atoms with Crippen molar-refractivity contribution < 1.29 is 9.26 Å². The maximum Gasteiger partial charge on any atom is 0.268 e. The molecule has 1 fully saturated rings. The first-order chi connectivity index (χ1) is 10.2. The van der Waals surface area contributed by atoms with Gasteiger partial charge in [-0.3, -0.25) is 4.90 Å². The zero-order valence-corrected chi connectivity index (χ0v) is 13.2. The van der Waals surface area contributed by atoms with Gasteiger partial charge < -0.3 is 15.0 Å². The Morgan fingerprint density at radius 1 is 1.52 bits per heavy atom. The third kappa shape index (κ3) is 3.09. The van der Waals surface area contributed by atoms with Gasteiger partial charge in [-0.25, -0.2) is 0 Å². The number of morpholine rings is 1. The fourth-order valence-corrected chi connectivity index (χ4v) is 3.42. The Hall–Kier alpha value is -1.44. The van der Waals surface area contributed by atoms with Crippen LogP contribution in [-0.4, -0.2) is 41.3 Å². The molecule has 3 heterocycles. The molecule has 0 aliphatic carbocycles. The van der Waals surface area contributed by atoms with Crippen LogP contribution in [0.4, 0.5) is 5.00 Å². The normalized spacial score (nSPS) is 20.0. The van der Waals surface area contributed by atoms with Gasteiger partial charge >= 0.3 is 0 Å². The lowest BCUT2D eigenvalue weighted by Gasteiger charge is -2.30. The lowest BCUT2D eigenvalue weighted by atomic mass is 10.2. The Morgan fingerprint density at radius 3 is 3.10 bits per heavy atom. The van der Waals surface area contributed by atoms with Crippen molar-refractivity contribution >= 4 is 16.3 Å². The fourth-order valence-electron chi connectivity index (χ4n) is 2.56. The maximum atomic E-state index is 5.82. The van der Waals surface area contributed by atoms with E-state index in [2.05, 4.69) is 22.0 Å². The van der Waals surface area contributed by atoms with Gasteiger partial charge in [-0.15, -0.1) is 11.3 Å². The van der Waals surface area contributed by atoms with Gasteiger partial charge in [-0.2, -0.15) is 4.98 Å². The van der Waals surface area contributed by atoms with E-state index in [1.54, 1.807) is 0 Å². The molecule has 1 atom stereocenters. The van der Waals surface area contributed by atoms with Crippen molar-refractivity contribution in [3.05, 3.63) is 17.5 Å². The molecule has 1 aliphatic rings. The second-order valence-corrected chi connectivity index (χ2v) is 6.36. The zero-order valence-electron chi connectivity index (χ0n) is 12.3. The van der Waals surface area contributed by atoms with Crippen molar-refractivity contribution in [3.63, 3.8) is 0 Å². The summed E-state index contributed by atoms with van der Waals surface area (Å²) in [5.74, 6) is 1.15. The van der Waals surface area contributed by atoms with Crippen molar-refractivity contribution in [3.8, 4) is 10.8 Å². The average molecular weight is 308 g/mol. The number of hydrogen-bond acceptors (Lipinski definition) is 7. The second kappa shape index (κ2) is 6.13. The summed E-state index contributed by atoms with van der Waals surface area (Å²) < 4.78 is 11.2. The first-order valence-electron chi connectivity index (χ1n) is 7.21. The van der Waals surface area contributed by atoms with Gasteiger partial charge in [0.2, 0.25) is 5.82 Å². The molecule has 2 aromatic rings. The fraction of sp³-hybridized carbons (Fsp3) is 0.571. The molecule has 2 N–H and O–H groups in total. The summed E-state index contributed by atoms with van der Waals surface area (Å²) in [5.41, 5.74) is 6.88. The first-order valence-corrected chi connectivity index (χ1v) is 8.03. The van der Waals surface area contributed by atoms with Crippen LogP contribution < -0.4 is 5.73 Å². The number of rotatable bonds is 4. The van der Waals surface area contributed by atoms with Gasteiger partial charge in [0.15, 0.2) is 0 Å². The molecule has 0 radical (unpaired) electrons. The third-order valence-electron chi connectivity index (χ3n) is 3.55. The Bertz CT molecular complexity index is 608. The lowest BCUT2D eigenvalue weighted by Crippen LogP contribution is -2.39. The Balaban J connectivity index is 1.77. The summed E-state index contributed by atoms with van der Waals surface area (Å²) in [4.78, 5) is 7.81. The molecule has 0 aromatic carbocycles. The number of ether oxygens (including phenoxy) is 1. The van der Waals surface area contributed by atoms with Gasteiger partial charge in [0, 0.05) is 13.1 Å². The van der Waals surface area contributed by atoms with Crippen molar-refractivity contribution in [1.82, 2.24) is 15.0 Å². The largest absolute Gasteiger partial charge is 0.391 e. The van der Waals surface area contributed by atoms with Crippen molar-refractivity contribution in [1.29, 1.82) is 0 Å². The number of aromatic nitrogens is 2. The SMILES string of the molecule is CCCN1CCOC(c2noc(-c3sc(N)cc3C)n2)C1. The molecule has 6 nitrogen and oxygen atoms in total. The molecule has 0 spiro atoms. The van der Waals surface area contributed by atoms with Crippen LogP contribution in [0, 0.1) is 6.92 Å². The lowest BCUT2D eigenvalue weighted by molar-refractivity contribution is -0.0350. The van der Waals surface area contributed by atoms with Crippen LogP contribution in [0.1, 0.15) is 30.8 Å². The van der Waals surface area contributed by atoms with E-state index in [1.165, 1.54) is 11.3 Å². The number of thiophene rings is 1. The standard InChI is InChI=1S/C14H20N4O2S/c1-3-4-18-5-6-19-10(8-18)13-16-14(20-17-13)12-9(2)7-11(15)21-12/h7,10H,3-6,8,15H2,1-2H3. The molecule has 0 amide bonds. The van der Waals surface area contributed by atoms with Crippen LogP contribution in [-0.2, 0) is 4.74 Å². The predicted molar refractivity (Wildman–Crippen MR) is 82.2 cm³/mol. The molecule has 2 aromatic heterocycles. The topological polar surface area (TPSA) is 77.4 Å². The van der Waals surface area contributed by atoms with E-state index in [4.69, 9.17) is 15.0 Å². The van der Waals surface area contributed by atoms with E-state index < -0.39 is 0 Å². The highest BCUT2D eigenvalue weighted by Gasteiger charge is 2.26. The molecule has 3 rings (SSSR count). The summed E-state index contributed by atoms with van der Waals surface area (Å²) in [6.45, 7) is 7.74. The quantitative estimate of drug-likeness (QED) is 0.935. The van der Waals surface area contributed by atoms with E-state index in [0.717, 1.165) is 41.5 Å².